The van der Waals surface area contributed by atoms with Gasteiger partial charge in [0.1, 0.15) is 24.8 Å². The zero-order valence-corrected chi connectivity index (χ0v) is 18.5. The van der Waals surface area contributed by atoms with Gasteiger partial charge in [0.2, 0.25) is 0 Å². The van der Waals surface area contributed by atoms with Gasteiger partial charge in [-0.05, 0) is 24.3 Å². The number of benzene rings is 2. The van der Waals surface area contributed by atoms with Crippen molar-refractivity contribution in [2.45, 2.75) is 6.04 Å². The average Bonchev–Trinajstić information content (AvgIpc) is 3.12. The van der Waals surface area contributed by atoms with E-state index in [0.29, 0.717) is 57.6 Å². The van der Waals surface area contributed by atoms with E-state index in [2.05, 4.69) is 4.90 Å². The minimum Gasteiger partial charge on any atom is -0.507 e. The van der Waals surface area contributed by atoms with E-state index in [4.69, 9.17) is 14.2 Å². The van der Waals surface area contributed by atoms with E-state index in [1.165, 1.54) is 17.0 Å². The fourth-order valence-corrected chi connectivity index (χ4v) is 4.55. The van der Waals surface area contributed by atoms with Crippen LogP contribution in [0.4, 0.5) is 4.39 Å². The number of halogens is 1. The van der Waals surface area contributed by atoms with Crippen LogP contribution in [0.3, 0.4) is 0 Å². The molecule has 0 saturated carbocycles. The first-order valence-electron chi connectivity index (χ1n) is 11.3. The third-order valence-electron chi connectivity index (χ3n) is 6.32. The van der Waals surface area contributed by atoms with E-state index in [-0.39, 0.29) is 29.0 Å². The lowest BCUT2D eigenvalue weighted by Gasteiger charge is -2.31. The number of Topliss-reactive ketones (excluding diaryl/α,β-unsaturated/α-hetero) is 1. The summed E-state index contributed by atoms with van der Waals surface area (Å²) in [6, 6.07) is 9.73. The van der Waals surface area contributed by atoms with Gasteiger partial charge in [0, 0.05) is 37.3 Å². The van der Waals surface area contributed by atoms with Gasteiger partial charge in [-0.25, -0.2) is 4.39 Å². The van der Waals surface area contributed by atoms with Gasteiger partial charge in [0.05, 0.1) is 24.8 Å². The van der Waals surface area contributed by atoms with E-state index in [0.717, 1.165) is 0 Å². The molecule has 178 valence electrons. The molecule has 0 radical (unpaired) electrons. The number of carbonyl (C=O) groups excluding carboxylic acids is 2. The van der Waals surface area contributed by atoms with Crippen molar-refractivity contribution in [1.82, 2.24) is 9.80 Å². The summed E-state index contributed by atoms with van der Waals surface area (Å²) >= 11 is 0. The van der Waals surface area contributed by atoms with Gasteiger partial charge < -0.3 is 24.2 Å². The molecule has 3 aliphatic heterocycles. The predicted molar refractivity (Wildman–Crippen MR) is 120 cm³/mol. The Morgan fingerprint density at radius 3 is 2.47 bits per heavy atom. The molecule has 2 saturated heterocycles. The first-order chi connectivity index (χ1) is 16.5. The Kier molecular flexibility index (Phi) is 6.21. The molecule has 2 aromatic carbocycles. The number of fused-ring (bicyclic) bond motifs is 1. The van der Waals surface area contributed by atoms with E-state index in [9.17, 15) is 19.1 Å². The molecule has 0 bridgehead atoms. The van der Waals surface area contributed by atoms with Crippen LogP contribution in [0.2, 0.25) is 0 Å². The highest BCUT2D eigenvalue weighted by Crippen LogP contribution is 2.41. The average molecular weight is 468 g/mol. The minimum absolute atomic E-state index is 0.145. The van der Waals surface area contributed by atoms with Gasteiger partial charge >= 0.3 is 0 Å². The van der Waals surface area contributed by atoms with E-state index < -0.39 is 23.5 Å². The second kappa shape index (κ2) is 9.44. The van der Waals surface area contributed by atoms with Crippen molar-refractivity contribution >= 4 is 17.4 Å². The van der Waals surface area contributed by atoms with Gasteiger partial charge in [-0.3, -0.25) is 14.5 Å². The predicted octanol–water partition coefficient (Wildman–Crippen LogP) is 2.35. The van der Waals surface area contributed by atoms with Gasteiger partial charge in [-0.15, -0.1) is 0 Å². The Bertz CT molecular complexity index is 1140. The third-order valence-corrected chi connectivity index (χ3v) is 6.32. The minimum atomic E-state index is -1.05. The summed E-state index contributed by atoms with van der Waals surface area (Å²) in [5, 5.41) is 11.2. The van der Waals surface area contributed by atoms with Crippen molar-refractivity contribution in [2.75, 3.05) is 52.6 Å². The molecule has 0 unspecified atom stereocenters. The Morgan fingerprint density at radius 2 is 1.71 bits per heavy atom. The summed E-state index contributed by atoms with van der Waals surface area (Å²) in [7, 11) is 0. The molecule has 0 aromatic heterocycles. The maximum absolute atomic E-state index is 14.9. The van der Waals surface area contributed by atoms with E-state index in [1.54, 1.807) is 30.3 Å². The van der Waals surface area contributed by atoms with E-state index >= 15 is 0 Å². The summed E-state index contributed by atoms with van der Waals surface area (Å²) in [6.45, 7) is 4.11. The van der Waals surface area contributed by atoms with Gasteiger partial charge in [-0.2, -0.15) is 0 Å². The molecule has 0 aliphatic carbocycles. The Balaban J connectivity index is 1.55. The number of ether oxygens (including phenoxy) is 3. The summed E-state index contributed by atoms with van der Waals surface area (Å²) in [5.74, 6) is -1.58. The number of morpholine rings is 1. The molecular weight excluding hydrogens is 443 g/mol. The number of carbonyl (C=O) groups is 2. The lowest BCUT2D eigenvalue weighted by atomic mass is 9.94. The van der Waals surface area contributed by atoms with Crippen LogP contribution in [0.1, 0.15) is 17.2 Å². The summed E-state index contributed by atoms with van der Waals surface area (Å²) in [4.78, 5) is 29.7. The number of nitrogens with zero attached hydrogens (tertiary/aromatic N) is 2. The molecule has 1 N–H and O–H groups in total. The van der Waals surface area contributed by atoms with Crippen LogP contribution in [0.25, 0.3) is 5.76 Å². The number of ketones is 1. The highest BCUT2D eigenvalue weighted by molar-refractivity contribution is 6.46. The molecule has 34 heavy (non-hydrogen) atoms. The second-order valence-electron chi connectivity index (χ2n) is 8.33. The molecule has 1 amide bonds. The number of likely N-dealkylation sites (tertiary alicyclic amines) is 1. The number of aliphatic hydroxyl groups excluding tert-OH is 1. The Hall–Kier alpha value is -3.43. The number of amides is 1. The maximum atomic E-state index is 14.9. The Morgan fingerprint density at radius 1 is 0.971 bits per heavy atom. The van der Waals surface area contributed by atoms with Crippen LogP contribution < -0.4 is 9.47 Å². The van der Waals surface area contributed by atoms with E-state index in [1.807, 2.05) is 0 Å². The van der Waals surface area contributed by atoms with Crippen molar-refractivity contribution in [2.24, 2.45) is 0 Å². The second-order valence-corrected chi connectivity index (χ2v) is 8.33. The number of hydrogen-bond acceptors (Lipinski definition) is 7. The lowest BCUT2D eigenvalue weighted by molar-refractivity contribution is -0.140. The van der Waals surface area contributed by atoms with Crippen LogP contribution in [0, 0.1) is 5.82 Å². The van der Waals surface area contributed by atoms with Crippen molar-refractivity contribution < 1.29 is 33.3 Å². The van der Waals surface area contributed by atoms with Gasteiger partial charge in [-0.1, -0.05) is 18.2 Å². The van der Waals surface area contributed by atoms with Gasteiger partial charge in [0.15, 0.2) is 11.5 Å². The number of aliphatic hydroxyl groups is 1. The molecule has 2 aromatic rings. The third kappa shape index (κ3) is 4.12. The normalized spacial score (nSPS) is 22.3. The lowest BCUT2D eigenvalue weighted by Crippen LogP contribution is -2.42. The quantitative estimate of drug-likeness (QED) is 0.409. The molecule has 3 aliphatic rings. The van der Waals surface area contributed by atoms with Crippen LogP contribution in [0.15, 0.2) is 48.0 Å². The summed E-state index contributed by atoms with van der Waals surface area (Å²) in [6.07, 6.45) is 0. The molecule has 8 nitrogen and oxygen atoms in total. The van der Waals surface area contributed by atoms with Crippen molar-refractivity contribution in [3.63, 3.8) is 0 Å². The van der Waals surface area contributed by atoms with Gasteiger partial charge in [0.25, 0.3) is 11.7 Å². The monoisotopic (exact) mass is 468 g/mol. The first-order valence-corrected chi connectivity index (χ1v) is 11.3. The molecule has 1 atom stereocenters. The van der Waals surface area contributed by atoms with Crippen LogP contribution >= 0.6 is 0 Å². The fourth-order valence-electron chi connectivity index (χ4n) is 4.55. The fraction of sp³-hybridized carbons (Fsp3) is 0.360. The first kappa shape index (κ1) is 22.4. The molecule has 2 fully saturated rings. The molecule has 0 spiro atoms. The van der Waals surface area contributed by atoms with Crippen LogP contribution in [0.5, 0.6) is 11.5 Å². The smallest absolute Gasteiger partial charge is 0.295 e. The van der Waals surface area contributed by atoms with Crippen LogP contribution in [-0.4, -0.2) is 79.2 Å². The molecular formula is C25H25FN2O6. The summed E-state index contributed by atoms with van der Waals surface area (Å²) < 4.78 is 31.4. The Labute approximate surface area is 196 Å². The zero-order chi connectivity index (χ0) is 23.7. The van der Waals surface area contributed by atoms with Crippen LogP contribution in [-0.2, 0) is 14.3 Å². The van der Waals surface area contributed by atoms with Crippen molar-refractivity contribution in [1.29, 1.82) is 0 Å². The maximum Gasteiger partial charge on any atom is 0.295 e. The van der Waals surface area contributed by atoms with Crippen molar-refractivity contribution in [3.05, 3.63) is 65.0 Å². The standard InChI is InChI=1S/C25H25FN2O6/c26-18-4-2-1-3-17(18)22-21(23(29)16-5-6-19-20(15-16)34-14-13-33-19)24(30)25(31)28(22)8-7-27-9-11-32-12-10-27/h1-6,15,22,29H,7-14H2/t22-/m1/s1. The number of hydrogen-bond donors (Lipinski definition) is 1. The molecule has 9 heteroatoms. The topological polar surface area (TPSA) is 88.5 Å². The highest BCUT2D eigenvalue weighted by Gasteiger charge is 2.47. The SMILES string of the molecule is O=C1C(=O)N(CCN2CCOCC2)[C@H](c2ccccc2F)C1=C(O)c1ccc2c(c1)OCCO2. The highest BCUT2D eigenvalue weighted by atomic mass is 19.1. The van der Waals surface area contributed by atoms with Crippen molar-refractivity contribution in [3.8, 4) is 11.5 Å². The zero-order valence-electron chi connectivity index (χ0n) is 18.5. The molecule has 3 heterocycles. The largest absolute Gasteiger partial charge is 0.507 e. The molecule has 5 rings (SSSR count). The summed E-state index contributed by atoms with van der Waals surface area (Å²) in [5.41, 5.74) is 0.299. The number of rotatable bonds is 5.